The summed E-state index contributed by atoms with van der Waals surface area (Å²) in [7, 11) is 0. The second kappa shape index (κ2) is 16.4. The average molecular weight is 796 g/mol. The van der Waals surface area contributed by atoms with Gasteiger partial charge in [0.15, 0.2) is 11.3 Å². The minimum Gasteiger partial charge on any atom is -0.322 e. The summed E-state index contributed by atoms with van der Waals surface area (Å²) in [5.74, 6) is 0.772. The van der Waals surface area contributed by atoms with Gasteiger partial charge in [0, 0.05) is 46.0 Å². The van der Waals surface area contributed by atoms with Crippen LogP contribution in [0.2, 0.25) is 0 Å². The molecule has 0 radical (unpaired) electrons. The molecule has 5 heterocycles. The number of nitrogens with zero attached hydrogens (tertiary/aromatic N) is 7. The van der Waals surface area contributed by atoms with Gasteiger partial charge in [-0.15, -0.1) is 10.2 Å². The molecule has 0 atom stereocenters. The van der Waals surface area contributed by atoms with Gasteiger partial charge >= 0.3 is 0 Å². The third-order valence-corrected chi connectivity index (χ3v) is 9.90. The van der Waals surface area contributed by atoms with Gasteiger partial charge < -0.3 is 10.6 Å². The number of anilines is 4. The number of hydrogen-bond acceptors (Lipinski definition) is 9. The number of nitrogens with one attached hydrogen (secondary N) is 4. The summed E-state index contributed by atoms with van der Waals surface area (Å²) >= 11 is 0. The van der Waals surface area contributed by atoms with E-state index in [9.17, 15) is 19.2 Å². The van der Waals surface area contributed by atoms with Crippen LogP contribution >= 0.6 is 0 Å². The van der Waals surface area contributed by atoms with E-state index in [2.05, 4.69) is 46.4 Å². The Bertz CT molecular complexity index is 2850. The molecule has 0 spiro atoms. The Morgan fingerprint density at radius 2 is 0.983 bits per heavy atom. The number of fused-ring (bicyclic) bond motifs is 2. The van der Waals surface area contributed by atoms with Crippen molar-refractivity contribution in [2.45, 2.75) is 25.7 Å². The smallest absolute Gasteiger partial charge is 0.256 e. The predicted octanol–water partition coefficient (Wildman–Crippen LogP) is 7.39. The summed E-state index contributed by atoms with van der Waals surface area (Å²) < 4.78 is 3.36. The molecule has 2 aliphatic rings. The molecule has 2 fully saturated rings. The topological polar surface area (TPSA) is 190 Å². The maximum atomic E-state index is 12.5. The van der Waals surface area contributed by atoms with Crippen LogP contribution in [0.4, 0.5) is 23.4 Å². The van der Waals surface area contributed by atoms with Gasteiger partial charge in [-0.25, -0.2) is 14.0 Å². The second-order valence-corrected chi connectivity index (χ2v) is 14.4. The van der Waals surface area contributed by atoms with E-state index in [0.717, 1.165) is 53.9 Å². The first kappa shape index (κ1) is 37.5. The first-order valence-electron chi connectivity index (χ1n) is 19.5. The van der Waals surface area contributed by atoms with Crippen molar-refractivity contribution >= 4 is 58.3 Å². The zero-order valence-corrected chi connectivity index (χ0v) is 32.0. The van der Waals surface area contributed by atoms with Crippen LogP contribution in [0.3, 0.4) is 0 Å². The van der Waals surface area contributed by atoms with Crippen molar-refractivity contribution in [2.75, 3.05) is 21.3 Å². The number of carbonyl (C=O) groups excluding carboxylic acids is 4. The highest BCUT2D eigenvalue weighted by molar-refractivity contribution is 6.05. The van der Waals surface area contributed by atoms with Gasteiger partial charge in [-0.2, -0.15) is 9.97 Å². The van der Waals surface area contributed by atoms with Crippen LogP contribution in [0.25, 0.3) is 33.8 Å². The molecule has 4 amide bonds. The Kier molecular flexibility index (Phi) is 10.3. The quantitative estimate of drug-likeness (QED) is 0.109. The molecular weight excluding hydrogens is 759 g/mol. The average Bonchev–Trinajstić information content (AvgIpc) is 4.22. The van der Waals surface area contributed by atoms with Crippen molar-refractivity contribution in [2.24, 2.45) is 11.8 Å². The molecular formula is C45H37N11O4. The number of amides is 4. The number of aromatic nitrogens is 7. The van der Waals surface area contributed by atoms with E-state index in [1.165, 1.54) is 0 Å². The van der Waals surface area contributed by atoms with Crippen LogP contribution in [0, 0.1) is 11.8 Å². The number of hydrogen-bond donors (Lipinski definition) is 4. The van der Waals surface area contributed by atoms with Gasteiger partial charge in [0.05, 0.1) is 11.4 Å². The zero-order chi connectivity index (χ0) is 41.0. The summed E-state index contributed by atoms with van der Waals surface area (Å²) in [5.41, 5.74) is 6.44. The third-order valence-electron chi connectivity index (χ3n) is 9.90. The third kappa shape index (κ3) is 8.60. The fraction of sp³-hybridized carbons (Fsp3) is 0.133. The molecule has 8 aromatic rings. The first-order chi connectivity index (χ1) is 29.3. The largest absolute Gasteiger partial charge is 0.322 e. The summed E-state index contributed by atoms with van der Waals surface area (Å²) in [6, 6.07) is 40.4. The van der Waals surface area contributed by atoms with Crippen molar-refractivity contribution in [1.29, 1.82) is 0 Å². The molecule has 2 aliphatic carbocycles. The summed E-state index contributed by atoms with van der Waals surface area (Å²) in [5, 5.41) is 20.1. The molecule has 15 nitrogen and oxygen atoms in total. The van der Waals surface area contributed by atoms with Crippen LogP contribution in [-0.2, 0) is 9.59 Å². The SMILES string of the molecule is O=C(Nc1ccc(-c2cccc3nc(NC(=O)C4CC4)nn23)cn1)c1ccccc1.O=C(Nc1ccccc1)c1ccc(-c2cccc3nc(NC(=O)C4CC4)nn23)cc1. The molecule has 296 valence electrons. The van der Waals surface area contributed by atoms with Crippen LogP contribution < -0.4 is 21.3 Å². The van der Waals surface area contributed by atoms with Crippen molar-refractivity contribution in [3.63, 3.8) is 0 Å². The number of para-hydroxylation sites is 1. The number of benzene rings is 3. The summed E-state index contributed by atoms with van der Waals surface area (Å²) in [6.45, 7) is 0. The highest BCUT2D eigenvalue weighted by Gasteiger charge is 2.31. The number of carbonyl (C=O) groups is 4. The van der Waals surface area contributed by atoms with E-state index in [-0.39, 0.29) is 35.5 Å². The van der Waals surface area contributed by atoms with Gasteiger partial charge in [-0.3, -0.25) is 29.8 Å². The summed E-state index contributed by atoms with van der Waals surface area (Å²) in [4.78, 5) is 61.9. The van der Waals surface area contributed by atoms with E-state index < -0.39 is 0 Å². The Balaban J connectivity index is 0.000000154. The minimum atomic E-state index is -0.217. The van der Waals surface area contributed by atoms with Crippen LogP contribution in [0.5, 0.6) is 0 Å². The van der Waals surface area contributed by atoms with Crippen molar-refractivity contribution in [3.8, 4) is 22.5 Å². The molecule has 4 N–H and O–H groups in total. The molecule has 3 aromatic carbocycles. The first-order valence-corrected chi connectivity index (χ1v) is 19.5. The Labute approximate surface area is 342 Å². The van der Waals surface area contributed by atoms with Gasteiger partial charge in [0.1, 0.15) is 5.82 Å². The van der Waals surface area contributed by atoms with Crippen LogP contribution in [0.15, 0.2) is 140 Å². The Hall–Kier alpha value is -8.07. The van der Waals surface area contributed by atoms with E-state index in [4.69, 9.17) is 0 Å². The Morgan fingerprint density at radius 3 is 1.52 bits per heavy atom. The van der Waals surface area contributed by atoms with Crippen LogP contribution in [-0.4, -0.2) is 57.8 Å². The zero-order valence-electron chi connectivity index (χ0n) is 32.0. The number of rotatable bonds is 10. The van der Waals surface area contributed by atoms with Gasteiger partial charge in [0.2, 0.25) is 23.7 Å². The van der Waals surface area contributed by atoms with Crippen molar-refractivity contribution < 1.29 is 19.2 Å². The number of pyridine rings is 3. The maximum Gasteiger partial charge on any atom is 0.256 e. The van der Waals surface area contributed by atoms with Crippen molar-refractivity contribution in [1.82, 2.24) is 34.2 Å². The fourth-order valence-corrected chi connectivity index (χ4v) is 6.38. The normalized spacial score (nSPS) is 13.2. The molecule has 0 bridgehead atoms. The van der Waals surface area contributed by atoms with E-state index in [1.54, 1.807) is 45.6 Å². The lowest BCUT2D eigenvalue weighted by atomic mass is 10.1. The standard InChI is InChI=1S/C23H19N5O2.C22H18N6O2/c29-21(24-18-5-2-1-3-6-18)16-11-9-15(10-12-16)19-7-4-8-20-25-23(27-28(19)20)26-22(30)17-13-14-17;29-20(14-5-2-1-3-6-14)24-18-12-11-16(13-23-18)17-7-4-8-19-25-22(27-28(17)19)26-21(30)15-9-10-15/h1-12,17H,13-14H2,(H,24,29)(H,26,27,30);1-8,11-13,15H,9-10H2,(H,23,24,29)(H,26,27,30). The van der Waals surface area contributed by atoms with Gasteiger partial charge in [-0.05, 0) is 98.5 Å². The van der Waals surface area contributed by atoms with Crippen LogP contribution in [0.1, 0.15) is 46.4 Å². The van der Waals surface area contributed by atoms with E-state index in [0.29, 0.717) is 40.1 Å². The molecule has 5 aromatic heterocycles. The highest BCUT2D eigenvalue weighted by atomic mass is 16.2. The molecule has 2 saturated carbocycles. The molecule has 60 heavy (non-hydrogen) atoms. The van der Waals surface area contributed by atoms with Gasteiger partial charge in [-0.1, -0.05) is 60.7 Å². The second-order valence-electron chi connectivity index (χ2n) is 14.4. The lowest BCUT2D eigenvalue weighted by Gasteiger charge is -2.07. The molecule has 10 rings (SSSR count). The minimum absolute atomic E-state index is 0.0266. The van der Waals surface area contributed by atoms with Crippen molar-refractivity contribution in [3.05, 3.63) is 151 Å². The Morgan fingerprint density at radius 1 is 0.483 bits per heavy atom. The van der Waals surface area contributed by atoms with E-state index >= 15 is 0 Å². The van der Waals surface area contributed by atoms with E-state index in [1.807, 2.05) is 103 Å². The molecule has 0 unspecified atom stereocenters. The highest BCUT2D eigenvalue weighted by Crippen LogP contribution is 2.31. The summed E-state index contributed by atoms with van der Waals surface area (Å²) in [6.07, 6.45) is 5.36. The molecule has 0 saturated heterocycles. The fourth-order valence-electron chi connectivity index (χ4n) is 6.38. The van der Waals surface area contributed by atoms with Gasteiger partial charge in [0.25, 0.3) is 11.8 Å². The monoisotopic (exact) mass is 795 g/mol. The predicted molar refractivity (Wildman–Crippen MR) is 226 cm³/mol. The molecule has 15 heteroatoms. The lowest BCUT2D eigenvalue weighted by molar-refractivity contribution is -0.118. The molecule has 0 aliphatic heterocycles. The lowest BCUT2D eigenvalue weighted by Crippen LogP contribution is -2.14. The maximum absolute atomic E-state index is 12.5.